The van der Waals surface area contributed by atoms with E-state index in [1.807, 2.05) is 18.3 Å². The Hall–Kier alpha value is -1.96. The summed E-state index contributed by atoms with van der Waals surface area (Å²) < 4.78 is 0. The van der Waals surface area contributed by atoms with Gasteiger partial charge in [-0.1, -0.05) is 18.2 Å². The van der Waals surface area contributed by atoms with Crippen LogP contribution in [0, 0.1) is 6.07 Å². The topological polar surface area (TPSA) is 25.8 Å². The van der Waals surface area contributed by atoms with Gasteiger partial charge in [-0.3, -0.25) is 0 Å². The molecule has 0 saturated heterocycles. The first-order chi connectivity index (χ1) is 6.93. The second-order valence-corrected chi connectivity index (χ2v) is 3.19. The first-order valence-corrected chi connectivity index (χ1v) is 4.44. The Labute approximate surface area is 81.2 Å². The molecule has 0 N–H and O–H groups in total. The number of fused-ring (bicyclic) bond motifs is 2. The Bertz CT molecular complexity index is 497. The summed E-state index contributed by atoms with van der Waals surface area (Å²) in [5.41, 5.74) is 0.979. The zero-order valence-corrected chi connectivity index (χ0v) is 7.44. The van der Waals surface area contributed by atoms with E-state index in [1.54, 1.807) is 6.33 Å². The monoisotopic (exact) mass is 179 g/mol. The van der Waals surface area contributed by atoms with Gasteiger partial charge in [-0.15, -0.1) is 0 Å². The highest BCUT2D eigenvalue weighted by molar-refractivity contribution is 5.95. The van der Waals surface area contributed by atoms with Crippen LogP contribution in [0.4, 0.5) is 0 Å². The van der Waals surface area contributed by atoms with Gasteiger partial charge in [0, 0.05) is 11.6 Å². The molecule has 0 atom stereocenters. The lowest BCUT2D eigenvalue weighted by molar-refractivity contribution is 1.22. The predicted molar refractivity (Wildman–Crippen MR) is 55.9 cm³/mol. The Morgan fingerprint density at radius 3 is 3.14 bits per heavy atom. The van der Waals surface area contributed by atoms with Crippen molar-refractivity contribution in [1.29, 1.82) is 0 Å². The van der Waals surface area contributed by atoms with Gasteiger partial charge in [0.1, 0.15) is 6.33 Å². The molecule has 1 radical (unpaired) electrons. The van der Waals surface area contributed by atoms with Crippen LogP contribution < -0.4 is 0 Å². The van der Waals surface area contributed by atoms with Gasteiger partial charge in [0.15, 0.2) is 0 Å². The van der Waals surface area contributed by atoms with Crippen molar-refractivity contribution in [2.75, 3.05) is 0 Å². The second kappa shape index (κ2) is 2.77. The van der Waals surface area contributed by atoms with Crippen molar-refractivity contribution < 1.29 is 0 Å². The Morgan fingerprint density at radius 1 is 1.14 bits per heavy atom. The number of hydrogen-bond donors (Lipinski definition) is 0. The zero-order chi connectivity index (χ0) is 9.38. The molecule has 0 saturated carbocycles. The van der Waals surface area contributed by atoms with E-state index in [4.69, 9.17) is 0 Å². The molecule has 3 aromatic rings. The third kappa shape index (κ3) is 1.04. The lowest BCUT2D eigenvalue weighted by Gasteiger charge is -1.99. The van der Waals surface area contributed by atoms with E-state index in [9.17, 15) is 0 Å². The lowest BCUT2D eigenvalue weighted by atomic mass is 10.1. The lowest BCUT2D eigenvalue weighted by Crippen LogP contribution is -1.81. The van der Waals surface area contributed by atoms with Crippen LogP contribution in [0.25, 0.3) is 21.7 Å². The molecule has 0 aliphatic heterocycles. The summed E-state index contributed by atoms with van der Waals surface area (Å²) in [7, 11) is 0. The number of nitrogens with zero attached hydrogens (tertiary/aromatic N) is 2. The summed E-state index contributed by atoms with van der Waals surface area (Å²) in [4.78, 5) is 8.20. The fraction of sp³-hybridized carbons (Fsp3) is 0. The van der Waals surface area contributed by atoms with Gasteiger partial charge in [-0.05, 0) is 29.0 Å². The smallest absolute Gasteiger partial charge is 0.116 e. The van der Waals surface area contributed by atoms with Crippen LogP contribution in [-0.4, -0.2) is 9.97 Å². The molecule has 1 heterocycles. The molecule has 65 valence electrons. The van der Waals surface area contributed by atoms with Crippen LogP contribution in [0.15, 0.2) is 42.9 Å². The molecule has 2 nitrogen and oxygen atoms in total. The molecule has 0 bridgehead atoms. The molecular formula is C12H7N2. The number of hydrogen-bond acceptors (Lipinski definition) is 2. The van der Waals surface area contributed by atoms with Crippen LogP contribution in [0.5, 0.6) is 0 Å². The summed E-state index contributed by atoms with van der Waals surface area (Å²) in [6.07, 6.45) is 3.39. The second-order valence-electron chi connectivity index (χ2n) is 3.19. The number of aromatic nitrogens is 2. The molecule has 3 rings (SSSR count). The highest BCUT2D eigenvalue weighted by atomic mass is 14.8. The minimum absolute atomic E-state index is 0.979. The minimum atomic E-state index is 0.979. The van der Waals surface area contributed by atoms with Crippen molar-refractivity contribution in [2.24, 2.45) is 0 Å². The molecule has 0 aliphatic rings. The van der Waals surface area contributed by atoms with Gasteiger partial charge in [0.25, 0.3) is 0 Å². The summed E-state index contributed by atoms with van der Waals surface area (Å²) in [5.74, 6) is 0. The standard InChI is InChI=1S/C12H7N2/c1-2-4-10-6-12-11(5-9(10)3-1)7-13-8-14-12/h1-2,4-8H. The summed E-state index contributed by atoms with van der Waals surface area (Å²) in [6, 6.07) is 13.3. The minimum Gasteiger partial charge on any atom is -0.244 e. The SMILES string of the molecule is [c]1cccc2cc3ncncc3cc12. The maximum Gasteiger partial charge on any atom is 0.116 e. The van der Waals surface area contributed by atoms with Crippen LogP contribution in [0.1, 0.15) is 0 Å². The fourth-order valence-corrected chi connectivity index (χ4v) is 1.60. The summed E-state index contributed by atoms with van der Waals surface area (Å²) in [5, 5.41) is 3.33. The van der Waals surface area contributed by atoms with Gasteiger partial charge in [-0.25, -0.2) is 9.97 Å². The molecule has 2 heteroatoms. The van der Waals surface area contributed by atoms with Crippen molar-refractivity contribution in [1.82, 2.24) is 9.97 Å². The van der Waals surface area contributed by atoms with Crippen LogP contribution in [0.3, 0.4) is 0 Å². The molecular weight excluding hydrogens is 172 g/mol. The van der Waals surface area contributed by atoms with Crippen molar-refractivity contribution in [3.8, 4) is 0 Å². The summed E-state index contributed by atoms with van der Waals surface area (Å²) >= 11 is 0. The van der Waals surface area contributed by atoms with Crippen LogP contribution in [-0.2, 0) is 0 Å². The third-order valence-corrected chi connectivity index (χ3v) is 2.29. The van der Waals surface area contributed by atoms with E-state index in [0.717, 1.165) is 16.3 Å². The van der Waals surface area contributed by atoms with Crippen molar-refractivity contribution in [2.45, 2.75) is 0 Å². The maximum atomic E-state index is 4.21. The van der Waals surface area contributed by atoms with E-state index in [1.165, 1.54) is 5.39 Å². The first kappa shape index (κ1) is 7.44. The fourth-order valence-electron chi connectivity index (χ4n) is 1.60. The van der Waals surface area contributed by atoms with Crippen molar-refractivity contribution in [3.63, 3.8) is 0 Å². The van der Waals surface area contributed by atoms with Crippen LogP contribution in [0.2, 0.25) is 0 Å². The van der Waals surface area contributed by atoms with Crippen LogP contribution >= 0.6 is 0 Å². The molecule has 0 fully saturated rings. The highest BCUT2D eigenvalue weighted by Gasteiger charge is 1.97. The molecule has 1 aromatic heterocycles. The molecule has 2 aromatic carbocycles. The predicted octanol–water partition coefficient (Wildman–Crippen LogP) is 2.58. The highest BCUT2D eigenvalue weighted by Crippen LogP contribution is 2.19. The van der Waals surface area contributed by atoms with Gasteiger partial charge in [-0.2, -0.15) is 0 Å². The van der Waals surface area contributed by atoms with Gasteiger partial charge < -0.3 is 0 Å². The average Bonchev–Trinajstić information content (AvgIpc) is 2.26. The van der Waals surface area contributed by atoms with Crippen molar-refractivity contribution >= 4 is 21.7 Å². The number of benzene rings is 2. The molecule has 14 heavy (non-hydrogen) atoms. The van der Waals surface area contributed by atoms with E-state index in [-0.39, 0.29) is 0 Å². The van der Waals surface area contributed by atoms with Crippen molar-refractivity contribution in [3.05, 3.63) is 48.9 Å². The average molecular weight is 179 g/mol. The van der Waals surface area contributed by atoms with E-state index in [2.05, 4.69) is 34.2 Å². The quantitative estimate of drug-likeness (QED) is 0.496. The summed E-state index contributed by atoms with van der Waals surface area (Å²) in [6.45, 7) is 0. The van der Waals surface area contributed by atoms with E-state index in [0.29, 0.717) is 0 Å². The van der Waals surface area contributed by atoms with Gasteiger partial charge in [0.2, 0.25) is 0 Å². The van der Waals surface area contributed by atoms with Gasteiger partial charge >= 0.3 is 0 Å². The normalized spacial score (nSPS) is 10.9. The molecule has 0 unspecified atom stereocenters. The van der Waals surface area contributed by atoms with E-state index >= 15 is 0 Å². The third-order valence-electron chi connectivity index (χ3n) is 2.29. The first-order valence-electron chi connectivity index (χ1n) is 4.44. The molecule has 0 aliphatic carbocycles. The Kier molecular flexibility index (Phi) is 1.47. The Balaban J connectivity index is 2.52. The number of rotatable bonds is 0. The zero-order valence-electron chi connectivity index (χ0n) is 7.44. The Morgan fingerprint density at radius 2 is 2.14 bits per heavy atom. The molecule has 0 amide bonds. The van der Waals surface area contributed by atoms with Gasteiger partial charge in [0.05, 0.1) is 5.52 Å². The van der Waals surface area contributed by atoms with E-state index < -0.39 is 0 Å². The molecule has 0 spiro atoms. The maximum absolute atomic E-state index is 4.21. The largest absolute Gasteiger partial charge is 0.244 e.